The molecule has 1 aromatic heterocycles. The summed E-state index contributed by atoms with van der Waals surface area (Å²) in [5.74, 6) is 1.01. The first-order valence-corrected chi connectivity index (χ1v) is 6.85. The third-order valence-corrected chi connectivity index (χ3v) is 3.24. The van der Waals surface area contributed by atoms with E-state index in [1.54, 1.807) is 19.1 Å². The third kappa shape index (κ3) is 3.23. The van der Waals surface area contributed by atoms with Crippen molar-refractivity contribution in [2.24, 2.45) is 0 Å². The molecule has 0 bridgehead atoms. The van der Waals surface area contributed by atoms with Crippen LogP contribution in [0.25, 0.3) is 11.5 Å². The number of aryl methyl sites for hydroxylation is 1. The van der Waals surface area contributed by atoms with Gasteiger partial charge in [0, 0.05) is 17.2 Å². The van der Waals surface area contributed by atoms with Crippen molar-refractivity contribution in [2.75, 3.05) is 0 Å². The number of rotatable bonds is 5. The molecule has 0 spiro atoms. The molecule has 0 radical (unpaired) electrons. The molecule has 0 saturated carbocycles. The minimum absolute atomic E-state index is 0.0491. The second kappa shape index (κ2) is 6.32. The van der Waals surface area contributed by atoms with Gasteiger partial charge >= 0.3 is 0 Å². The predicted molar refractivity (Wildman–Crippen MR) is 76.3 cm³/mol. The summed E-state index contributed by atoms with van der Waals surface area (Å²) < 4.78 is 5.09. The van der Waals surface area contributed by atoms with Gasteiger partial charge in [-0.3, -0.25) is 4.79 Å². The molecule has 0 unspecified atom stereocenters. The molecule has 106 valence electrons. The number of hydrogen-bond donors (Lipinski definition) is 1. The molecular weight excluding hydrogens is 254 g/mol. The van der Waals surface area contributed by atoms with Gasteiger partial charge in [-0.25, -0.2) is 0 Å². The van der Waals surface area contributed by atoms with Crippen LogP contribution in [0.5, 0.6) is 0 Å². The first-order chi connectivity index (χ1) is 9.63. The number of hydrogen-bond acceptors (Lipinski definition) is 4. The lowest BCUT2D eigenvalue weighted by atomic mass is 10.1. The van der Waals surface area contributed by atoms with E-state index in [0.29, 0.717) is 17.3 Å². The van der Waals surface area contributed by atoms with Crippen LogP contribution in [-0.2, 0) is 0 Å². The second-order valence-electron chi connectivity index (χ2n) is 4.71. The molecule has 20 heavy (non-hydrogen) atoms. The molecule has 1 aromatic carbocycles. The summed E-state index contributed by atoms with van der Waals surface area (Å²) in [4.78, 5) is 16.2. The van der Waals surface area contributed by atoms with Gasteiger partial charge in [0.1, 0.15) is 0 Å². The maximum absolute atomic E-state index is 12.1. The number of nitrogens with one attached hydrogen (secondary N) is 1. The fraction of sp³-hybridized carbons (Fsp3) is 0.400. The number of amides is 1. The smallest absolute Gasteiger partial charge is 0.257 e. The van der Waals surface area contributed by atoms with E-state index in [4.69, 9.17) is 4.52 Å². The fourth-order valence-corrected chi connectivity index (χ4v) is 1.94. The van der Waals surface area contributed by atoms with Crippen molar-refractivity contribution in [3.8, 4) is 11.5 Å². The molecule has 0 aliphatic carbocycles. The Labute approximate surface area is 118 Å². The summed E-state index contributed by atoms with van der Waals surface area (Å²) in [5.41, 5.74) is 1.45. The second-order valence-corrected chi connectivity index (χ2v) is 4.71. The van der Waals surface area contributed by atoms with Crippen molar-refractivity contribution < 1.29 is 9.32 Å². The molecule has 1 N–H and O–H groups in total. The van der Waals surface area contributed by atoms with Crippen LogP contribution in [0.4, 0.5) is 0 Å². The molecule has 0 aliphatic heterocycles. The highest BCUT2D eigenvalue weighted by atomic mass is 16.5. The molecule has 1 amide bonds. The average Bonchev–Trinajstić information content (AvgIpc) is 2.91. The van der Waals surface area contributed by atoms with Crippen molar-refractivity contribution >= 4 is 5.91 Å². The molecule has 2 aromatic rings. The van der Waals surface area contributed by atoms with E-state index in [9.17, 15) is 4.79 Å². The van der Waals surface area contributed by atoms with Crippen LogP contribution in [0.3, 0.4) is 0 Å². The van der Waals surface area contributed by atoms with Crippen LogP contribution >= 0.6 is 0 Å². The van der Waals surface area contributed by atoms with Crippen molar-refractivity contribution in [3.63, 3.8) is 0 Å². The lowest BCUT2D eigenvalue weighted by Gasteiger charge is -2.14. The zero-order valence-electron chi connectivity index (χ0n) is 12.0. The highest BCUT2D eigenvalue weighted by Gasteiger charge is 2.12. The van der Waals surface area contributed by atoms with Gasteiger partial charge in [0.25, 0.3) is 11.8 Å². The van der Waals surface area contributed by atoms with E-state index in [1.165, 1.54) is 0 Å². The predicted octanol–water partition coefficient (Wildman–Crippen LogP) is 2.96. The molecule has 0 fully saturated rings. The Morgan fingerprint density at radius 3 is 2.40 bits per heavy atom. The molecular formula is C15H19N3O2. The van der Waals surface area contributed by atoms with Crippen LogP contribution in [0.2, 0.25) is 0 Å². The summed E-state index contributed by atoms with van der Waals surface area (Å²) >= 11 is 0. The van der Waals surface area contributed by atoms with Gasteiger partial charge in [-0.15, -0.1) is 0 Å². The van der Waals surface area contributed by atoms with Gasteiger partial charge < -0.3 is 9.84 Å². The SMILES string of the molecule is CCC(CC)NC(=O)c1ccc(-c2nc(C)no2)cc1. The van der Waals surface area contributed by atoms with Crippen molar-refractivity contribution in [1.82, 2.24) is 15.5 Å². The maximum atomic E-state index is 12.1. The molecule has 5 heteroatoms. The molecule has 0 saturated heterocycles. The van der Waals surface area contributed by atoms with Crippen molar-refractivity contribution in [2.45, 2.75) is 39.7 Å². The standard InChI is InChI=1S/C15H19N3O2/c1-4-13(5-2)17-14(19)11-6-8-12(9-7-11)15-16-10(3)18-20-15/h6-9,13H,4-5H2,1-3H3,(H,17,19). The Bertz CT molecular complexity index is 571. The summed E-state index contributed by atoms with van der Waals surface area (Å²) in [7, 11) is 0. The lowest BCUT2D eigenvalue weighted by molar-refractivity contribution is 0.0935. The van der Waals surface area contributed by atoms with Crippen LogP contribution in [-0.4, -0.2) is 22.1 Å². The Balaban J connectivity index is 2.10. The monoisotopic (exact) mass is 273 g/mol. The van der Waals surface area contributed by atoms with Gasteiger partial charge in [-0.2, -0.15) is 4.98 Å². The lowest BCUT2D eigenvalue weighted by Crippen LogP contribution is -2.33. The largest absolute Gasteiger partial charge is 0.349 e. The molecule has 5 nitrogen and oxygen atoms in total. The Hall–Kier alpha value is -2.17. The van der Waals surface area contributed by atoms with Crippen LogP contribution in [0.15, 0.2) is 28.8 Å². The van der Waals surface area contributed by atoms with Gasteiger partial charge in [0.2, 0.25) is 0 Å². The minimum atomic E-state index is -0.0491. The quantitative estimate of drug-likeness (QED) is 0.909. The van der Waals surface area contributed by atoms with E-state index in [1.807, 2.05) is 12.1 Å². The van der Waals surface area contributed by atoms with Crippen LogP contribution in [0.1, 0.15) is 42.9 Å². The van der Waals surface area contributed by atoms with Crippen LogP contribution < -0.4 is 5.32 Å². The summed E-state index contributed by atoms with van der Waals surface area (Å²) in [6.07, 6.45) is 1.86. The van der Waals surface area contributed by atoms with Crippen LogP contribution in [0, 0.1) is 6.92 Å². The van der Waals surface area contributed by atoms with Crippen molar-refractivity contribution in [1.29, 1.82) is 0 Å². The minimum Gasteiger partial charge on any atom is -0.349 e. The molecule has 0 atom stereocenters. The molecule has 1 heterocycles. The van der Waals surface area contributed by atoms with Crippen molar-refractivity contribution in [3.05, 3.63) is 35.7 Å². The van der Waals surface area contributed by atoms with E-state index in [0.717, 1.165) is 18.4 Å². The summed E-state index contributed by atoms with van der Waals surface area (Å²) in [6.45, 7) is 5.90. The summed E-state index contributed by atoms with van der Waals surface area (Å²) in [5, 5.41) is 6.75. The number of carbonyl (C=O) groups excluding carboxylic acids is 1. The Kier molecular flexibility index (Phi) is 4.50. The number of aromatic nitrogens is 2. The fourth-order valence-electron chi connectivity index (χ4n) is 1.94. The first kappa shape index (κ1) is 14.2. The van der Waals surface area contributed by atoms with E-state index >= 15 is 0 Å². The molecule has 0 aliphatic rings. The number of carbonyl (C=O) groups is 1. The number of nitrogens with zero attached hydrogens (tertiary/aromatic N) is 2. The number of benzene rings is 1. The third-order valence-electron chi connectivity index (χ3n) is 3.24. The first-order valence-electron chi connectivity index (χ1n) is 6.85. The highest BCUT2D eigenvalue weighted by molar-refractivity contribution is 5.94. The van der Waals surface area contributed by atoms with E-state index in [2.05, 4.69) is 29.3 Å². The van der Waals surface area contributed by atoms with E-state index in [-0.39, 0.29) is 11.9 Å². The van der Waals surface area contributed by atoms with Gasteiger partial charge in [-0.1, -0.05) is 19.0 Å². The van der Waals surface area contributed by atoms with Gasteiger partial charge in [0.05, 0.1) is 0 Å². The van der Waals surface area contributed by atoms with Gasteiger partial charge in [0.15, 0.2) is 5.82 Å². The topological polar surface area (TPSA) is 68.0 Å². The summed E-state index contributed by atoms with van der Waals surface area (Å²) in [6, 6.07) is 7.39. The average molecular weight is 273 g/mol. The Morgan fingerprint density at radius 1 is 1.25 bits per heavy atom. The normalized spacial score (nSPS) is 10.8. The zero-order chi connectivity index (χ0) is 14.5. The van der Waals surface area contributed by atoms with Gasteiger partial charge in [-0.05, 0) is 44.0 Å². The van der Waals surface area contributed by atoms with E-state index < -0.39 is 0 Å². The Morgan fingerprint density at radius 2 is 1.90 bits per heavy atom. The molecule has 2 rings (SSSR count). The maximum Gasteiger partial charge on any atom is 0.257 e. The zero-order valence-corrected chi connectivity index (χ0v) is 12.0. The highest BCUT2D eigenvalue weighted by Crippen LogP contribution is 2.17.